The Hall–Kier alpha value is -0.220. The molecule has 0 aliphatic heterocycles. The molecule has 17 heavy (non-hydrogen) atoms. The Kier molecular flexibility index (Phi) is 7.69. The first-order valence-electron chi connectivity index (χ1n) is 6.76. The van der Waals surface area contributed by atoms with Gasteiger partial charge in [0.05, 0.1) is 6.04 Å². The lowest BCUT2D eigenvalue weighted by Crippen LogP contribution is -2.41. The van der Waals surface area contributed by atoms with Crippen molar-refractivity contribution in [2.24, 2.45) is 11.7 Å². The minimum absolute atomic E-state index is 0.0230. The summed E-state index contributed by atoms with van der Waals surface area (Å²) in [6.45, 7) is 0.802. The van der Waals surface area contributed by atoms with Crippen molar-refractivity contribution >= 4 is 17.7 Å². The van der Waals surface area contributed by atoms with Crippen LogP contribution in [0.15, 0.2) is 0 Å². The second kappa shape index (κ2) is 8.81. The number of thioether (sulfide) groups is 1. The van der Waals surface area contributed by atoms with Gasteiger partial charge in [0.25, 0.3) is 0 Å². The van der Waals surface area contributed by atoms with Crippen LogP contribution in [0.3, 0.4) is 0 Å². The van der Waals surface area contributed by atoms with E-state index in [1.54, 1.807) is 11.8 Å². The second-order valence-corrected chi connectivity index (χ2v) is 5.96. The molecule has 1 aliphatic rings. The summed E-state index contributed by atoms with van der Waals surface area (Å²) < 4.78 is 0. The summed E-state index contributed by atoms with van der Waals surface area (Å²) in [6, 6.07) is -0.325. The third kappa shape index (κ3) is 6.32. The van der Waals surface area contributed by atoms with Crippen molar-refractivity contribution in [3.05, 3.63) is 0 Å². The number of amides is 1. The smallest absolute Gasteiger partial charge is 0.236 e. The van der Waals surface area contributed by atoms with E-state index in [1.165, 1.54) is 32.1 Å². The Labute approximate surface area is 109 Å². The van der Waals surface area contributed by atoms with Gasteiger partial charge < -0.3 is 11.1 Å². The minimum atomic E-state index is -0.325. The number of carbonyl (C=O) groups excluding carboxylic acids is 1. The Morgan fingerprint density at radius 3 is 2.76 bits per heavy atom. The van der Waals surface area contributed by atoms with E-state index in [4.69, 9.17) is 5.73 Å². The van der Waals surface area contributed by atoms with Crippen molar-refractivity contribution < 1.29 is 4.79 Å². The average molecular weight is 258 g/mol. The average Bonchev–Trinajstić information content (AvgIpc) is 2.37. The first-order chi connectivity index (χ1) is 8.24. The molecule has 0 unspecified atom stereocenters. The molecule has 0 aromatic rings. The van der Waals surface area contributed by atoms with Crippen LogP contribution in [-0.4, -0.2) is 30.5 Å². The lowest BCUT2D eigenvalue weighted by atomic mass is 9.87. The molecule has 0 spiro atoms. The van der Waals surface area contributed by atoms with Crippen molar-refractivity contribution in [3.8, 4) is 0 Å². The van der Waals surface area contributed by atoms with Crippen molar-refractivity contribution in [3.63, 3.8) is 0 Å². The molecule has 0 aromatic carbocycles. The number of nitrogens with one attached hydrogen (secondary N) is 1. The van der Waals surface area contributed by atoms with Crippen LogP contribution in [0.25, 0.3) is 0 Å². The fourth-order valence-electron chi connectivity index (χ4n) is 2.38. The summed E-state index contributed by atoms with van der Waals surface area (Å²) >= 11 is 1.73. The van der Waals surface area contributed by atoms with Gasteiger partial charge in [0.2, 0.25) is 5.91 Å². The van der Waals surface area contributed by atoms with Crippen LogP contribution < -0.4 is 11.1 Å². The monoisotopic (exact) mass is 258 g/mol. The summed E-state index contributed by atoms with van der Waals surface area (Å²) in [5.41, 5.74) is 5.80. The second-order valence-electron chi connectivity index (χ2n) is 4.97. The molecule has 0 radical (unpaired) electrons. The van der Waals surface area contributed by atoms with Crippen LogP contribution >= 0.6 is 11.8 Å². The van der Waals surface area contributed by atoms with Crippen LogP contribution in [-0.2, 0) is 4.79 Å². The zero-order valence-electron chi connectivity index (χ0n) is 10.9. The molecule has 1 atom stereocenters. The number of hydrogen-bond acceptors (Lipinski definition) is 3. The molecule has 1 saturated carbocycles. The van der Waals surface area contributed by atoms with Crippen molar-refractivity contribution in [2.75, 3.05) is 18.6 Å². The normalized spacial score (nSPS) is 18.9. The molecule has 1 fully saturated rings. The lowest BCUT2D eigenvalue weighted by Gasteiger charge is -2.21. The lowest BCUT2D eigenvalue weighted by molar-refractivity contribution is -0.122. The maximum atomic E-state index is 11.6. The number of hydrogen-bond donors (Lipinski definition) is 2. The maximum absolute atomic E-state index is 11.6. The Balaban J connectivity index is 2.06. The molecule has 1 rings (SSSR count). The largest absolute Gasteiger partial charge is 0.355 e. The summed E-state index contributed by atoms with van der Waals surface area (Å²) in [5.74, 6) is 1.80. The number of rotatable bonds is 7. The molecule has 0 saturated heterocycles. The third-order valence-corrected chi connectivity index (χ3v) is 4.19. The summed E-state index contributed by atoms with van der Waals surface area (Å²) in [6.07, 6.45) is 10.7. The van der Waals surface area contributed by atoms with Gasteiger partial charge in [-0.3, -0.25) is 4.79 Å². The fourth-order valence-corrected chi connectivity index (χ4v) is 2.87. The zero-order valence-corrected chi connectivity index (χ0v) is 11.7. The van der Waals surface area contributed by atoms with E-state index in [2.05, 4.69) is 5.32 Å². The molecule has 0 aromatic heterocycles. The standard InChI is InChI=1S/C13H26N2OS/c1-17-10-8-12(14)13(16)15-9-7-11-5-3-2-4-6-11/h11-12H,2-10,14H2,1H3,(H,15,16)/t12-/m0/s1. The Bertz CT molecular complexity index is 217. The predicted octanol–water partition coefficient (Wildman–Crippen LogP) is 2.15. The summed E-state index contributed by atoms with van der Waals surface area (Å²) in [4.78, 5) is 11.6. The Morgan fingerprint density at radius 1 is 1.41 bits per heavy atom. The predicted molar refractivity (Wildman–Crippen MR) is 75.2 cm³/mol. The van der Waals surface area contributed by atoms with Crippen LogP contribution in [0.1, 0.15) is 44.9 Å². The van der Waals surface area contributed by atoms with Gasteiger partial charge in [0, 0.05) is 6.54 Å². The van der Waals surface area contributed by atoms with Gasteiger partial charge in [-0.1, -0.05) is 32.1 Å². The number of carbonyl (C=O) groups is 1. The molecule has 100 valence electrons. The molecule has 1 amide bonds. The van der Waals surface area contributed by atoms with Crippen LogP contribution in [0.5, 0.6) is 0 Å². The first kappa shape index (κ1) is 14.8. The first-order valence-corrected chi connectivity index (χ1v) is 8.15. The van der Waals surface area contributed by atoms with E-state index in [9.17, 15) is 4.79 Å². The van der Waals surface area contributed by atoms with Crippen LogP contribution in [0.2, 0.25) is 0 Å². The quantitative estimate of drug-likeness (QED) is 0.736. The van der Waals surface area contributed by atoms with Crippen LogP contribution in [0, 0.1) is 5.92 Å². The highest BCUT2D eigenvalue weighted by Gasteiger charge is 2.15. The van der Waals surface area contributed by atoms with Crippen molar-refractivity contribution in [2.45, 2.75) is 51.0 Å². The van der Waals surface area contributed by atoms with E-state index < -0.39 is 0 Å². The molecular weight excluding hydrogens is 232 g/mol. The van der Waals surface area contributed by atoms with E-state index in [0.29, 0.717) is 0 Å². The van der Waals surface area contributed by atoms with Gasteiger partial charge in [-0.2, -0.15) is 11.8 Å². The van der Waals surface area contributed by atoms with Gasteiger partial charge in [-0.05, 0) is 30.8 Å². The maximum Gasteiger partial charge on any atom is 0.236 e. The van der Waals surface area contributed by atoms with E-state index in [0.717, 1.165) is 31.1 Å². The van der Waals surface area contributed by atoms with Crippen molar-refractivity contribution in [1.29, 1.82) is 0 Å². The zero-order chi connectivity index (χ0) is 12.5. The molecule has 3 nitrogen and oxygen atoms in total. The molecule has 4 heteroatoms. The third-order valence-electron chi connectivity index (χ3n) is 3.55. The van der Waals surface area contributed by atoms with Gasteiger partial charge >= 0.3 is 0 Å². The van der Waals surface area contributed by atoms with E-state index in [1.807, 2.05) is 6.26 Å². The van der Waals surface area contributed by atoms with Gasteiger partial charge in [0.1, 0.15) is 0 Å². The number of nitrogens with two attached hydrogens (primary N) is 1. The van der Waals surface area contributed by atoms with Crippen molar-refractivity contribution in [1.82, 2.24) is 5.32 Å². The van der Waals surface area contributed by atoms with Gasteiger partial charge in [-0.15, -0.1) is 0 Å². The molecule has 0 bridgehead atoms. The molecule has 1 aliphatic carbocycles. The highest BCUT2D eigenvalue weighted by atomic mass is 32.2. The minimum Gasteiger partial charge on any atom is -0.355 e. The molecule has 3 N–H and O–H groups in total. The Morgan fingerprint density at radius 2 is 2.12 bits per heavy atom. The topological polar surface area (TPSA) is 55.1 Å². The van der Waals surface area contributed by atoms with E-state index >= 15 is 0 Å². The van der Waals surface area contributed by atoms with E-state index in [-0.39, 0.29) is 11.9 Å². The SMILES string of the molecule is CSCC[C@H](N)C(=O)NCCC1CCCCC1. The molecular formula is C13H26N2OS. The highest BCUT2D eigenvalue weighted by molar-refractivity contribution is 7.98. The fraction of sp³-hybridized carbons (Fsp3) is 0.923. The van der Waals surface area contributed by atoms with Crippen LogP contribution in [0.4, 0.5) is 0 Å². The highest BCUT2D eigenvalue weighted by Crippen LogP contribution is 2.25. The summed E-state index contributed by atoms with van der Waals surface area (Å²) in [5, 5.41) is 2.97. The summed E-state index contributed by atoms with van der Waals surface area (Å²) in [7, 11) is 0. The van der Waals surface area contributed by atoms with Gasteiger partial charge in [-0.25, -0.2) is 0 Å². The molecule has 0 heterocycles. The van der Waals surface area contributed by atoms with Gasteiger partial charge in [0.15, 0.2) is 0 Å².